The zero-order valence-corrected chi connectivity index (χ0v) is 15.6. The Balaban J connectivity index is 1.94. The zero-order chi connectivity index (χ0) is 17.3. The van der Waals surface area contributed by atoms with Crippen LogP contribution in [0.4, 0.5) is 0 Å². The van der Waals surface area contributed by atoms with Gasteiger partial charge in [0.05, 0.1) is 6.10 Å². The predicted molar refractivity (Wildman–Crippen MR) is 93.2 cm³/mol. The van der Waals surface area contributed by atoms with Crippen LogP contribution in [0, 0.1) is 11.3 Å². The highest BCUT2D eigenvalue weighted by molar-refractivity contribution is 5.89. The van der Waals surface area contributed by atoms with Crippen LogP contribution in [-0.4, -0.2) is 66.7 Å². The van der Waals surface area contributed by atoms with Gasteiger partial charge in [0, 0.05) is 38.1 Å². The van der Waals surface area contributed by atoms with E-state index in [1.54, 1.807) is 0 Å². The molecule has 2 aliphatic rings. The molecule has 2 N–H and O–H groups in total. The first-order valence-electron chi connectivity index (χ1n) is 9.22. The van der Waals surface area contributed by atoms with Crippen molar-refractivity contribution >= 4 is 5.91 Å². The maximum atomic E-state index is 13.0. The Bertz CT molecular complexity index is 422. The van der Waals surface area contributed by atoms with Gasteiger partial charge in [-0.1, -0.05) is 27.7 Å². The lowest BCUT2D eigenvalue weighted by Gasteiger charge is -2.58. The van der Waals surface area contributed by atoms with Gasteiger partial charge >= 0.3 is 0 Å². The molecule has 2 fully saturated rings. The van der Waals surface area contributed by atoms with E-state index < -0.39 is 5.54 Å². The molecular formula is C18H35N3O2. The van der Waals surface area contributed by atoms with Crippen molar-refractivity contribution in [3.63, 3.8) is 0 Å². The van der Waals surface area contributed by atoms with Gasteiger partial charge < -0.3 is 20.3 Å². The van der Waals surface area contributed by atoms with Gasteiger partial charge in [0.2, 0.25) is 5.91 Å². The highest BCUT2D eigenvalue weighted by Gasteiger charge is 2.64. The molecular weight excluding hydrogens is 290 g/mol. The van der Waals surface area contributed by atoms with E-state index in [0.29, 0.717) is 18.9 Å². The average molecular weight is 325 g/mol. The smallest absolute Gasteiger partial charge is 0.243 e. The van der Waals surface area contributed by atoms with Crippen molar-refractivity contribution in [1.82, 2.24) is 9.80 Å². The minimum Gasteiger partial charge on any atom is -0.378 e. The Labute approximate surface area is 141 Å². The van der Waals surface area contributed by atoms with Crippen molar-refractivity contribution in [3.05, 3.63) is 0 Å². The number of rotatable bonds is 7. The summed E-state index contributed by atoms with van der Waals surface area (Å²) < 4.78 is 5.75. The molecule has 134 valence electrons. The fourth-order valence-electron chi connectivity index (χ4n) is 4.09. The summed E-state index contributed by atoms with van der Waals surface area (Å²) in [4.78, 5) is 17.5. The molecule has 0 aromatic rings. The Morgan fingerprint density at radius 1 is 1.30 bits per heavy atom. The lowest BCUT2D eigenvalue weighted by atomic mass is 9.54. The van der Waals surface area contributed by atoms with E-state index >= 15 is 0 Å². The van der Waals surface area contributed by atoms with Gasteiger partial charge in [-0.3, -0.25) is 4.79 Å². The second kappa shape index (κ2) is 7.08. The summed E-state index contributed by atoms with van der Waals surface area (Å²) >= 11 is 0. The Morgan fingerprint density at radius 2 is 1.96 bits per heavy atom. The van der Waals surface area contributed by atoms with Crippen molar-refractivity contribution in [2.75, 3.05) is 39.3 Å². The Morgan fingerprint density at radius 3 is 2.48 bits per heavy atom. The summed E-state index contributed by atoms with van der Waals surface area (Å²) in [5, 5.41) is 0. The molecule has 3 atom stereocenters. The van der Waals surface area contributed by atoms with Crippen LogP contribution in [0.3, 0.4) is 0 Å². The molecule has 0 bridgehead atoms. The Hall–Kier alpha value is -0.650. The lowest BCUT2D eigenvalue weighted by Crippen LogP contribution is -2.75. The molecule has 0 spiro atoms. The van der Waals surface area contributed by atoms with Gasteiger partial charge in [-0.25, -0.2) is 0 Å². The summed E-state index contributed by atoms with van der Waals surface area (Å²) in [7, 11) is 0. The largest absolute Gasteiger partial charge is 0.378 e. The summed E-state index contributed by atoms with van der Waals surface area (Å²) in [5.41, 5.74) is 5.48. The number of nitrogens with zero attached hydrogens (tertiary/aromatic N) is 2. The topological polar surface area (TPSA) is 58.8 Å². The number of hydrogen-bond donors (Lipinski definition) is 1. The van der Waals surface area contributed by atoms with Crippen LogP contribution in [0.2, 0.25) is 0 Å². The van der Waals surface area contributed by atoms with Crippen molar-refractivity contribution in [2.24, 2.45) is 17.1 Å². The molecule has 1 saturated heterocycles. The number of ether oxygens (including phenoxy) is 1. The van der Waals surface area contributed by atoms with Crippen LogP contribution in [0.25, 0.3) is 0 Å². The monoisotopic (exact) mass is 325 g/mol. The predicted octanol–water partition coefficient (Wildman–Crippen LogP) is 1.71. The highest BCUT2D eigenvalue weighted by Crippen LogP contribution is 2.50. The quantitative estimate of drug-likeness (QED) is 0.774. The van der Waals surface area contributed by atoms with Gasteiger partial charge in [0.15, 0.2) is 0 Å². The number of hydrogen-bond acceptors (Lipinski definition) is 4. The molecule has 0 aromatic heterocycles. The van der Waals surface area contributed by atoms with Crippen LogP contribution in [0.15, 0.2) is 0 Å². The normalized spacial score (nSPS) is 33.1. The third-order valence-electron chi connectivity index (χ3n) is 6.20. The summed E-state index contributed by atoms with van der Waals surface area (Å²) in [6.07, 6.45) is 1.83. The fraction of sp³-hybridized carbons (Fsp3) is 0.944. The first-order valence-corrected chi connectivity index (χ1v) is 9.22. The van der Waals surface area contributed by atoms with Gasteiger partial charge in [-0.05, 0) is 32.4 Å². The highest BCUT2D eigenvalue weighted by atomic mass is 16.5. The minimum absolute atomic E-state index is 0.0931. The van der Waals surface area contributed by atoms with E-state index in [9.17, 15) is 4.79 Å². The van der Waals surface area contributed by atoms with Crippen molar-refractivity contribution in [2.45, 2.75) is 59.1 Å². The third-order valence-corrected chi connectivity index (χ3v) is 6.20. The molecule has 5 heteroatoms. The summed E-state index contributed by atoms with van der Waals surface area (Å²) in [5.74, 6) is 0.703. The maximum absolute atomic E-state index is 13.0. The van der Waals surface area contributed by atoms with Gasteiger partial charge in [-0.2, -0.15) is 0 Å². The first-order chi connectivity index (χ1) is 10.8. The first kappa shape index (κ1) is 18.7. The van der Waals surface area contributed by atoms with E-state index in [0.717, 1.165) is 39.1 Å². The fourth-order valence-corrected chi connectivity index (χ4v) is 4.09. The summed E-state index contributed by atoms with van der Waals surface area (Å²) in [6, 6.07) is 0. The van der Waals surface area contributed by atoms with Gasteiger partial charge in [0.1, 0.15) is 5.54 Å². The number of carbonyl (C=O) groups excluding carboxylic acids is 1. The van der Waals surface area contributed by atoms with Crippen LogP contribution in [-0.2, 0) is 9.53 Å². The molecule has 1 aliphatic heterocycles. The zero-order valence-electron chi connectivity index (χ0n) is 15.6. The molecule has 1 saturated carbocycles. The number of carbonyl (C=O) groups is 1. The molecule has 5 nitrogen and oxygen atoms in total. The van der Waals surface area contributed by atoms with E-state index in [4.69, 9.17) is 10.5 Å². The van der Waals surface area contributed by atoms with Gasteiger partial charge in [0.25, 0.3) is 0 Å². The molecule has 1 amide bonds. The number of nitrogens with two attached hydrogens (primary N) is 1. The van der Waals surface area contributed by atoms with Crippen molar-refractivity contribution < 1.29 is 9.53 Å². The molecule has 2 rings (SSSR count). The second-order valence-corrected chi connectivity index (χ2v) is 7.73. The molecule has 0 radical (unpaired) electrons. The maximum Gasteiger partial charge on any atom is 0.243 e. The minimum atomic E-state index is -0.767. The molecule has 3 unspecified atom stereocenters. The van der Waals surface area contributed by atoms with Gasteiger partial charge in [-0.15, -0.1) is 0 Å². The van der Waals surface area contributed by atoms with Crippen LogP contribution in [0.1, 0.15) is 47.5 Å². The SMILES string of the molecule is CCOC1CC(N)(C(=O)N2CCC(CN(CC)CC)C2)C1(C)C. The molecule has 1 heterocycles. The number of likely N-dealkylation sites (tertiary alicyclic amines) is 1. The van der Waals surface area contributed by atoms with E-state index in [1.807, 2.05) is 11.8 Å². The van der Waals surface area contributed by atoms with Crippen LogP contribution >= 0.6 is 0 Å². The van der Waals surface area contributed by atoms with E-state index in [-0.39, 0.29) is 17.4 Å². The third kappa shape index (κ3) is 3.28. The molecule has 0 aromatic carbocycles. The van der Waals surface area contributed by atoms with Crippen molar-refractivity contribution in [3.8, 4) is 0 Å². The average Bonchev–Trinajstić information content (AvgIpc) is 2.99. The molecule has 1 aliphatic carbocycles. The van der Waals surface area contributed by atoms with E-state index in [2.05, 4.69) is 32.6 Å². The van der Waals surface area contributed by atoms with Crippen LogP contribution < -0.4 is 5.73 Å². The summed E-state index contributed by atoms with van der Waals surface area (Å²) in [6.45, 7) is 16.1. The van der Waals surface area contributed by atoms with Crippen molar-refractivity contribution in [1.29, 1.82) is 0 Å². The number of amides is 1. The van der Waals surface area contributed by atoms with Crippen LogP contribution in [0.5, 0.6) is 0 Å². The second-order valence-electron chi connectivity index (χ2n) is 7.73. The van der Waals surface area contributed by atoms with E-state index in [1.165, 1.54) is 0 Å². The Kier molecular flexibility index (Phi) is 5.75. The molecule has 23 heavy (non-hydrogen) atoms. The standard InChI is InChI=1S/C18H35N3O2/c1-6-20(7-2)12-14-9-10-21(13-14)16(22)18(19)11-15(23-8-3)17(18,4)5/h14-15H,6-13,19H2,1-5H3. The lowest BCUT2D eigenvalue weighted by molar-refractivity contribution is -0.178.